The SMILES string of the molecule is CC(C)c1cc(=O)[nH]c(CSc2ccccc2Cl)n1. The lowest BCUT2D eigenvalue weighted by atomic mass is 10.1. The zero-order valence-electron chi connectivity index (χ0n) is 10.8. The van der Waals surface area contributed by atoms with Crippen molar-refractivity contribution in [1.82, 2.24) is 9.97 Å². The van der Waals surface area contributed by atoms with E-state index >= 15 is 0 Å². The van der Waals surface area contributed by atoms with Crippen molar-refractivity contribution in [3.8, 4) is 0 Å². The van der Waals surface area contributed by atoms with Crippen LogP contribution in [0.5, 0.6) is 0 Å². The van der Waals surface area contributed by atoms with E-state index in [-0.39, 0.29) is 11.5 Å². The number of nitrogens with zero attached hydrogens (tertiary/aromatic N) is 1. The molecular formula is C14H15ClN2OS. The number of H-pyrrole nitrogens is 1. The number of hydrogen-bond donors (Lipinski definition) is 1. The zero-order valence-corrected chi connectivity index (χ0v) is 12.4. The highest BCUT2D eigenvalue weighted by atomic mass is 35.5. The van der Waals surface area contributed by atoms with Gasteiger partial charge in [-0.25, -0.2) is 4.98 Å². The van der Waals surface area contributed by atoms with Crippen molar-refractivity contribution >= 4 is 23.4 Å². The van der Waals surface area contributed by atoms with Gasteiger partial charge in [-0.2, -0.15) is 0 Å². The minimum Gasteiger partial charge on any atom is -0.310 e. The average molecular weight is 295 g/mol. The van der Waals surface area contributed by atoms with Crippen LogP contribution >= 0.6 is 23.4 Å². The Balaban J connectivity index is 2.16. The molecule has 19 heavy (non-hydrogen) atoms. The molecular weight excluding hydrogens is 280 g/mol. The Bertz CT molecular complexity index is 625. The van der Waals surface area contributed by atoms with E-state index in [0.29, 0.717) is 11.6 Å². The normalized spacial score (nSPS) is 10.9. The molecule has 1 aromatic heterocycles. The van der Waals surface area contributed by atoms with E-state index in [4.69, 9.17) is 11.6 Å². The standard InChI is InChI=1S/C14H15ClN2OS/c1-9(2)11-7-14(18)17-13(16-11)8-19-12-6-4-3-5-10(12)15/h3-7,9H,8H2,1-2H3,(H,16,17,18). The van der Waals surface area contributed by atoms with Crippen molar-refractivity contribution in [2.75, 3.05) is 0 Å². The maximum atomic E-state index is 11.6. The summed E-state index contributed by atoms with van der Waals surface area (Å²) in [5.74, 6) is 1.52. The Morgan fingerprint density at radius 3 is 2.79 bits per heavy atom. The van der Waals surface area contributed by atoms with E-state index in [1.54, 1.807) is 17.8 Å². The molecule has 2 rings (SSSR count). The number of halogens is 1. The minimum atomic E-state index is -0.103. The molecule has 0 bridgehead atoms. The third kappa shape index (κ3) is 3.85. The first kappa shape index (κ1) is 14.2. The van der Waals surface area contributed by atoms with E-state index in [0.717, 1.165) is 15.6 Å². The smallest absolute Gasteiger partial charge is 0.251 e. The lowest BCUT2D eigenvalue weighted by molar-refractivity contribution is 0.793. The molecule has 1 heterocycles. The van der Waals surface area contributed by atoms with Crippen LogP contribution in [0, 0.1) is 0 Å². The van der Waals surface area contributed by atoms with Crippen molar-refractivity contribution in [3.05, 3.63) is 57.2 Å². The van der Waals surface area contributed by atoms with E-state index in [2.05, 4.69) is 9.97 Å². The average Bonchev–Trinajstić information content (AvgIpc) is 2.37. The van der Waals surface area contributed by atoms with Gasteiger partial charge in [-0.15, -0.1) is 11.8 Å². The van der Waals surface area contributed by atoms with Gasteiger partial charge in [0.1, 0.15) is 5.82 Å². The number of benzene rings is 1. The predicted molar refractivity (Wildman–Crippen MR) is 80.0 cm³/mol. The molecule has 2 aromatic rings. The van der Waals surface area contributed by atoms with Crippen molar-refractivity contribution in [3.63, 3.8) is 0 Å². The molecule has 1 aromatic carbocycles. The Morgan fingerprint density at radius 2 is 2.11 bits per heavy atom. The van der Waals surface area contributed by atoms with Gasteiger partial charge < -0.3 is 4.98 Å². The fourth-order valence-corrected chi connectivity index (χ4v) is 2.71. The number of aromatic amines is 1. The molecule has 0 saturated carbocycles. The van der Waals surface area contributed by atoms with Gasteiger partial charge >= 0.3 is 0 Å². The first-order valence-corrected chi connectivity index (χ1v) is 7.40. The van der Waals surface area contributed by atoms with Crippen LogP contribution in [-0.4, -0.2) is 9.97 Å². The fourth-order valence-electron chi connectivity index (χ4n) is 1.60. The van der Waals surface area contributed by atoms with E-state index in [1.165, 1.54) is 0 Å². The first-order valence-electron chi connectivity index (χ1n) is 6.03. The molecule has 0 aliphatic rings. The summed E-state index contributed by atoms with van der Waals surface area (Å²) >= 11 is 7.65. The van der Waals surface area contributed by atoms with Gasteiger partial charge in [-0.1, -0.05) is 37.6 Å². The second-order valence-electron chi connectivity index (χ2n) is 4.49. The molecule has 0 spiro atoms. The van der Waals surface area contributed by atoms with Gasteiger partial charge in [0.2, 0.25) is 0 Å². The summed E-state index contributed by atoms with van der Waals surface area (Å²) in [6, 6.07) is 9.19. The maximum Gasteiger partial charge on any atom is 0.251 e. The number of thioether (sulfide) groups is 1. The highest BCUT2D eigenvalue weighted by Gasteiger charge is 2.06. The summed E-state index contributed by atoms with van der Waals surface area (Å²) in [5, 5.41) is 0.717. The number of rotatable bonds is 4. The highest BCUT2D eigenvalue weighted by Crippen LogP contribution is 2.28. The summed E-state index contributed by atoms with van der Waals surface area (Å²) in [6.45, 7) is 4.04. The topological polar surface area (TPSA) is 45.8 Å². The van der Waals surface area contributed by atoms with Crippen LogP contribution < -0.4 is 5.56 Å². The highest BCUT2D eigenvalue weighted by molar-refractivity contribution is 7.98. The van der Waals surface area contributed by atoms with Crippen LogP contribution in [0.3, 0.4) is 0 Å². The zero-order chi connectivity index (χ0) is 13.8. The van der Waals surface area contributed by atoms with Gasteiger partial charge in [0.05, 0.1) is 16.5 Å². The lowest BCUT2D eigenvalue weighted by Crippen LogP contribution is -2.12. The van der Waals surface area contributed by atoms with Crippen LogP contribution in [0.1, 0.15) is 31.3 Å². The van der Waals surface area contributed by atoms with Crippen LogP contribution in [0.15, 0.2) is 40.0 Å². The van der Waals surface area contributed by atoms with Crippen LogP contribution in [-0.2, 0) is 5.75 Å². The molecule has 0 atom stereocenters. The second-order valence-corrected chi connectivity index (χ2v) is 5.92. The Hall–Kier alpha value is -1.26. The summed E-state index contributed by atoms with van der Waals surface area (Å²) in [6.07, 6.45) is 0. The molecule has 0 amide bonds. The van der Waals surface area contributed by atoms with Crippen molar-refractivity contribution < 1.29 is 0 Å². The molecule has 0 aliphatic heterocycles. The van der Waals surface area contributed by atoms with Crippen LogP contribution in [0.2, 0.25) is 5.02 Å². The molecule has 1 N–H and O–H groups in total. The largest absolute Gasteiger partial charge is 0.310 e. The van der Waals surface area contributed by atoms with Crippen molar-refractivity contribution in [2.24, 2.45) is 0 Å². The molecule has 5 heteroatoms. The monoisotopic (exact) mass is 294 g/mol. The molecule has 100 valence electrons. The van der Waals surface area contributed by atoms with Crippen LogP contribution in [0.4, 0.5) is 0 Å². The van der Waals surface area contributed by atoms with E-state index in [1.807, 2.05) is 38.1 Å². The number of nitrogens with one attached hydrogen (secondary N) is 1. The quantitative estimate of drug-likeness (QED) is 0.872. The third-order valence-corrected chi connectivity index (χ3v) is 4.13. The lowest BCUT2D eigenvalue weighted by Gasteiger charge is -2.07. The fraction of sp³-hybridized carbons (Fsp3) is 0.286. The molecule has 0 aliphatic carbocycles. The Kier molecular flexibility index (Phi) is 4.66. The van der Waals surface area contributed by atoms with Gasteiger partial charge in [0.25, 0.3) is 5.56 Å². The number of hydrogen-bond acceptors (Lipinski definition) is 3. The van der Waals surface area contributed by atoms with Crippen molar-refractivity contribution in [2.45, 2.75) is 30.4 Å². The maximum absolute atomic E-state index is 11.6. The first-order chi connectivity index (χ1) is 9.06. The Labute approximate surface area is 121 Å². The Morgan fingerprint density at radius 1 is 1.37 bits per heavy atom. The van der Waals surface area contributed by atoms with Crippen molar-refractivity contribution in [1.29, 1.82) is 0 Å². The molecule has 0 unspecified atom stereocenters. The summed E-state index contributed by atoms with van der Waals surface area (Å²) < 4.78 is 0. The van der Waals surface area contributed by atoms with Gasteiger partial charge in [-0.3, -0.25) is 4.79 Å². The molecule has 0 radical (unpaired) electrons. The predicted octanol–water partition coefficient (Wildman–Crippen LogP) is 3.84. The molecule has 0 fully saturated rings. The van der Waals surface area contributed by atoms with E-state index in [9.17, 15) is 4.79 Å². The number of aromatic nitrogens is 2. The van der Waals surface area contributed by atoms with Crippen LogP contribution in [0.25, 0.3) is 0 Å². The van der Waals surface area contributed by atoms with Gasteiger partial charge in [0.15, 0.2) is 0 Å². The minimum absolute atomic E-state index is 0.103. The van der Waals surface area contributed by atoms with E-state index < -0.39 is 0 Å². The summed E-state index contributed by atoms with van der Waals surface area (Å²) in [7, 11) is 0. The summed E-state index contributed by atoms with van der Waals surface area (Å²) in [4.78, 5) is 19.8. The second kappa shape index (κ2) is 6.26. The van der Waals surface area contributed by atoms with Gasteiger partial charge in [0, 0.05) is 11.0 Å². The molecule has 0 saturated heterocycles. The van der Waals surface area contributed by atoms with Gasteiger partial charge in [-0.05, 0) is 18.1 Å². The molecule has 3 nitrogen and oxygen atoms in total. The summed E-state index contributed by atoms with van der Waals surface area (Å²) in [5.41, 5.74) is 0.715. The third-order valence-electron chi connectivity index (χ3n) is 2.60.